The highest BCUT2D eigenvalue weighted by atomic mass is 19.1. The number of oxime groups is 1. The molecule has 0 radical (unpaired) electrons. The van der Waals surface area contributed by atoms with Gasteiger partial charge in [0.25, 0.3) is 5.69 Å². The molecule has 2 N–H and O–H groups in total. The van der Waals surface area contributed by atoms with Crippen molar-refractivity contribution in [3.63, 3.8) is 0 Å². The smallest absolute Gasteiger partial charge is 0.269 e. The summed E-state index contributed by atoms with van der Waals surface area (Å²) < 4.78 is 35.6. The maximum atomic E-state index is 15.2. The SMILES string of the molecule is C=CCOC12Oc3ccc(Oc4cccc(C=O)c4)cc3C3C(CCCCO)C(CCCCO)C=C(C(=NOCc4ccc([N+](=O)[O-])cc4)CC1N(Cc1ccc(F)cc1)C(=O)CCC1CCCC1)C32. The molecule has 4 aromatic carbocycles. The van der Waals surface area contributed by atoms with Gasteiger partial charge in [0.15, 0.2) is 0 Å². The van der Waals surface area contributed by atoms with Gasteiger partial charge in [-0.3, -0.25) is 19.7 Å². The Morgan fingerprint density at radius 1 is 0.929 bits per heavy atom. The van der Waals surface area contributed by atoms with E-state index in [9.17, 15) is 29.5 Å². The first-order valence-electron chi connectivity index (χ1n) is 24.8. The Hall–Kier alpha value is -6.22. The van der Waals surface area contributed by atoms with Crippen molar-refractivity contribution in [2.24, 2.45) is 28.8 Å². The van der Waals surface area contributed by atoms with E-state index in [1.165, 1.54) is 24.3 Å². The first-order chi connectivity index (χ1) is 34.1. The molecule has 70 heavy (non-hydrogen) atoms. The van der Waals surface area contributed by atoms with Crippen LogP contribution < -0.4 is 9.47 Å². The van der Waals surface area contributed by atoms with E-state index in [0.29, 0.717) is 59.3 Å². The molecule has 1 heterocycles. The lowest BCUT2D eigenvalue weighted by molar-refractivity contribution is -0.384. The van der Waals surface area contributed by atoms with Crippen LogP contribution in [0, 0.1) is 39.6 Å². The summed E-state index contributed by atoms with van der Waals surface area (Å²) in [6.07, 6.45) is 14.5. The second kappa shape index (κ2) is 23.6. The topological polar surface area (TPSA) is 170 Å². The quantitative estimate of drug-likeness (QED) is 0.0226. The standard InChI is InChI=1S/C56H64FN3O10/c1-2-30-67-56-52(59(35-39-16-21-43(57)22-17-39)53(64)27-20-38-10-3-4-11-38)34-50(58-68-37-40-18-23-44(24-19-40)60(65)66)48-32-42(13-5-7-28-61)47(15-6-8-29-62)54(55(48)56)49-33-46(25-26-51(49)70-56)69-45-14-9-12-41(31-45)36-63/h2,9,12,14,16-19,21-26,31-33,36,38,42,47,52,54-55,61-62H,1,3-8,10-11,13,15,20,27-30,34-35,37H2. The van der Waals surface area contributed by atoms with Crippen molar-refractivity contribution in [1.82, 2.24) is 4.90 Å². The first-order valence-corrected chi connectivity index (χ1v) is 24.8. The monoisotopic (exact) mass is 957 g/mol. The normalized spacial score (nSPS) is 23.1. The highest BCUT2D eigenvalue weighted by Gasteiger charge is 2.65. The van der Waals surface area contributed by atoms with E-state index >= 15 is 4.79 Å². The van der Waals surface area contributed by atoms with Gasteiger partial charge in [0.1, 0.15) is 42.0 Å². The minimum atomic E-state index is -1.52. The largest absolute Gasteiger partial charge is 0.459 e. The number of ether oxygens (including phenoxy) is 3. The number of non-ortho nitro benzene ring substituents is 1. The van der Waals surface area contributed by atoms with Crippen LogP contribution in [0.3, 0.4) is 0 Å². The number of hydrogen-bond acceptors (Lipinski definition) is 11. The molecule has 0 aromatic heterocycles. The molecule has 1 amide bonds. The van der Waals surface area contributed by atoms with Crippen LogP contribution in [0.1, 0.15) is 116 Å². The molecule has 0 spiro atoms. The predicted molar refractivity (Wildman–Crippen MR) is 263 cm³/mol. The third-order valence-electron chi connectivity index (χ3n) is 14.6. The molecule has 370 valence electrons. The highest BCUT2D eigenvalue weighted by molar-refractivity contribution is 6.03. The number of amides is 1. The van der Waals surface area contributed by atoms with E-state index in [1.54, 1.807) is 54.6 Å². The van der Waals surface area contributed by atoms with Crippen molar-refractivity contribution in [2.45, 2.75) is 114 Å². The van der Waals surface area contributed by atoms with E-state index in [2.05, 4.69) is 12.7 Å². The van der Waals surface area contributed by atoms with Gasteiger partial charge in [0.2, 0.25) is 11.7 Å². The Morgan fingerprint density at radius 2 is 1.66 bits per heavy atom. The zero-order valence-electron chi connectivity index (χ0n) is 39.7. The maximum absolute atomic E-state index is 15.2. The van der Waals surface area contributed by atoms with Crippen molar-refractivity contribution in [3.05, 3.63) is 153 Å². The Balaban J connectivity index is 1.32. The molecule has 1 aliphatic heterocycles. The number of unbranched alkanes of at least 4 members (excludes halogenated alkanes) is 2. The minimum absolute atomic E-state index is 0.0142. The van der Waals surface area contributed by atoms with Gasteiger partial charge in [-0.05, 0) is 121 Å². The number of fused-ring (bicyclic) bond motifs is 2. The molecule has 6 unspecified atom stereocenters. The van der Waals surface area contributed by atoms with Gasteiger partial charge in [0.05, 0.1) is 23.2 Å². The number of aliphatic hydroxyl groups is 2. The molecule has 4 aromatic rings. The van der Waals surface area contributed by atoms with Gasteiger partial charge in [-0.1, -0.05) is 80.1 Å². The van der Waals surface area contributed by atoms with Crippen LogP contribution in [0.5, 0.6) is 17.2 Å². The summed E-state index contributed by atoms with van der Waals surface area (Å²) in [6.45, 7) is 4.37. The van der Waals surface area contributed by atoms with Crippen molar-refractivity contribution in [3.8, 4) is 17.2 Å². The third kappa shape index (κ3) is 11.5. The number of hydrogen-bond donors (Lipinski definition) is 2. The number of benzene rings is 4. The Labute approximate surface area is 409 Å². The van der Waals surface area contributed by atoms with Gasteiger partial charge >= 0.3 is 0 Å². The molecule has 6 atom stereocenters. The van der Waals surface area contributed by atoms with Gasteiger partial charge < -0.3 is 34.2 Å². The summed E-state index contributed by atoms with van der Waals surface area (Å²) in [5.41, 5.74) is 4.14. The molecule has 0 saturated heterocycles. The summed E-state index contributed by atoms with van der Waals surface area (Å²) in [5, 5.41) is 36.5. The zero-order chi connectivity index (χ0) is 49.0. The van der Waals surface area contributed by atoms with E-state index < -0.39 is 28.5 Å². The van der Waals surface area contributed by atoms with E-state index in [1.807, 2.05) is 23.1 Å². The summed E-state index contributed by atoms with van der Waals surface area (Å²) in [7, 11) is 0. The highest BCUT2D eigenvalue weighted by Crippen LogP contribution is 2.62. The predicted octanol–water partition coefficient (Wildman–Crippen LogP) is 11.2. The van der Waals surface area contributed by atoms with E-state index in [4.69, 9.17) is 24.2 Å². The van der Waals surface area contributed by atoms with Crippen LogP contribution in [0.4, 0.5) is 10.1 Å². The Bertz CT molecular complexity index is 2510. The maximum Gasteiger partial charge on any atom is 0.269 e. The summed E-state index contributed by atoms with van der Waals surface area (Å²) in [6, 6.07) is 24.1. The minimum Gasteiger partial charge on any atom is -0.459 e. The zero-order valence-corrected chi connectivity index (χ0v) is 39.7. The molecular weight excluding hydrogens is 894 g/mol. The number of aldehydes is 1. The van der Waals surface area contributed by atoms with E-state index in [-0.39, 0.29) is 68.7 Å². The van der Waals surface area contributed by atoms with Gasteiger partial charge in [0, 0.05) is 61.8 Å². The van der Waals surface area contributed by atoms with Gasteiger partial charge in [-0.25, -0.2) is 4.39 Å². The third-order valence-corrected chi connectivity index (χ3v) is 14.6. The van der Waals surface area contributed by atoms with Crippen LogP contribution in [0.2, 0.25) is 0 Å². The fourth-order valence-electron chi connectivity index (χ4n) is 11.3. The molecule has 3 aliphatic carbocycles. The average molecular weight is 958 g/mol. The fourth-order valence-corrected chi connectivity index (χ4v) is 11.3. The molecule has 2 fully saturated rings. The Kier molecular flexibility index (Phi) is 16.9. The van der Waals surface area contributed by atoms with Crippen LogP contribution in [-0.2, 0) is 27.5 Å². The molecule has 4 aliphatic rings. The number of nitrogens with zero attached hydrogens (tertiary/aromatic N) is 3. The molecule has 8 rings (SSSR count). The number of halogens is 1. The van der Waals surface area contributed by atoms with Crippen molar-refractivity contribution in [2.75, 3.05) is 19.8 Å². The molecule has 0 bridgehead atoms. The van der Waals surface area contributed by atoms with Crippen LogP contribution in [0.25, 0.3) is 0 Å². The van der Waals surface area contributed by atoms with Crippen molar-refractivity contribution in [1.29, 1.82) is 0 Å². The number of allylic oxidation sites excluding steroid dienone is 1. The van der Waals surface area contributed by atoms with Gasteiger partial charge in [-0.15, -0.1) is 6.58 Å². The lowest BCUT2D eigenvalue weighted by Gasteiger charge is -2.60. The second-order valence-electron chi connectivity index (χ2n) is 19.1. The van der Waals surface area contributed by atoms with Crippen molar-refractivity contribution < 1.29 is 48.2 Å². The number of aliphatic hydroxyl groups excluding tert-OH is 2. The summed E-state index contributed by atoms with van der Waals surface area (Å²) in [5.74, 6) is -1.00. The number of rotatable bonds is 24. The summed E-state index contributed by atoms with van der Waals surface area (Å²) >= 11 is 0. The lowest BCUT2D eigenvalue weighted by Crippen LogP contribution is -2.70. The number of nitro benzene ring substituents is 1. The molecule has 13 nitrogen and oxygen atoms in total. The Morgan fingerprint density at radius 3 is 2.37 bits per heavy atom. The average Bonchev–Trinajstić information content (AvgIpc) is 3.90. The summed E-state index contributed by atoms with van der Waals surface area (Å²) in [4.78, 5) is 46.1. The van der Waals surface area contributed by atoms with E-state index in [0.717, 1.165) is 80.8 Å². The van der Waals surface area contributed by atoms with Crippen molar-refractivity contribution >= 4 is 23.6 Å². The van der Waals surface area contributed by atoms with Crippen LogP contribution in [0.15, 0.2) is 120 Å². The van der Waals surface area contributed by atoms with Crippen LogP contribution >= 0.6 is 0 Å². The number of nitro groups is 1. The molecule has 14 heteroatoms. The first kappa shape index (κ1) is 50.2. The van der Waals surface area contributed by atoms with Crippen LogP contribution in [-0.4, -0.2) is 69.6 Å². The second-order valence-corrected chi connectivity index (χ2v) is 19.1. The lowest BCUT2D eigenvalue weighted by atomic mass is 9.55. The van der Waals surface area contributed by atoms with Gasteiger partial charge in [-0.2, -0.15) is 0 Å². The molecule has 2 saturated carbocycles. The number of carbonyl (C=O) groups is 2. The molecular formula is C56H64FN3O10. The number of carbonyl (C=O) groups excluding carboxylic acids is 2. The fraction of sp³-hybridized carbons (Fsp3) is 0.446.